The Labute approximate surface area is 168 Å². The van der Waals surface area contributed by atoms with E-state index in [1.54, 1.807) is 17.6 Å². The summed E-state index contributed by atoms with van der Waals surface area (Å²) in [5.74, 6) is 1.20. The normalized spacial score (nSPS) is 16.6. The molecule has 2 aromatic heterocycles. The number of carbonyl (C=O) groups is 1. The number of carbonyl (C=O) groups excluding carboxylic acids is 1. The van der Waals surface area contributed by atoms with Gasteiger partial charge in [-0.25, -0.2) is 5.01 Å². The fourth-order valence-electron chi connectivity index (χ4n) is 2.80. The molecule has 0 radical (unpaired) electrons. The maximum Gasteiger partial charge on any atom is 0.281 e. The van der Waals surface area contributed by atoms with E-state index >= 15 is 0 Å². The molecule has 1 atom stereocenters. The molecule has 0 bridgehead atoms. The number of hydrogen-bond acceptors (Lipinski definition) is 5. The first-order valence-corrected chi connectivity index (χ1v) is 10.0. The van der Waals surface area contributed by atoms with Crippen LogP contribution in [0.3, 0.4) is 0 Å². The Bertz CT molecular complexity index is 922. The molecular formula is C19H15IN2O3S. The van der Waals surface area contributed by atoms with Crippen LogP contribution in [-0.2, 0) is 4.79 Å². The molecule has 0 saturated heterocycles. The van der Waals surface area contributed by atoms with Crippen LogP contribution in [0.1, 0.15) is 23.1 Å². The van der Waals surface area contributed by atoms with Crippen molar-refractivity contribution >= 4 is 45.5 Å². The van der Waals surface area contributed by atoms with E-state index in [0.29, 0.717) is 12.2 Å². The van der Waals surface area contributed by atoms with E-state index in [-0.39, 0.29) is 18.6 Å². The van der Waals surface area contributed by atoms with Gasteiger partial charge < -0.3 is 9.15 Å². The van der Waals surface area contributed by atoms with Gasteiger partial charge in [0.15, 0.2) is 6.61 Å². The van der Waals surface area contributed by atoms with Crippen molar-refractivity contribution in [2.45, 2.75) is 12.5 Å². The number of furan rings is 1. The van der Waals surface area contributed by atoms with Crippen LogP contribution in [0.5, 0.6) is 5.75 Å². The summed E-state index contributed by atoms with van der Waals surface area (Å²) in [6, 6.07) is 15.0. The zero-order valence-electron chi connectivity index (χ0n) is 13.7. The molecule has 1 amide bonds. The van der Waals surface area contributed by atoms with Gasteiger partial charge in [-0.3, -0.25) is 4.79 Å². The van der Waals surface area contributed by atoms with E-state index in [2.05, 4.69) is 27.7 Å². The Morgan fingerprint density at radius 1 is 1.31 bits per heavy atom. The van der Waals surface area contributed by atoms with Gasteiger partial charge >= 0.3 is 0 Å². The van der Waals surface area contributed by atoms with Gasteiger partial charge in [0.2, 0.25) is 0 Å². The second-order valence-electron chi connectivity index (χ2n) is 5.74. The highest BCUT2D eigenvalue weighted by Gasteiger charge is 2.35. The molecular weight excluding hydrogens is 463 g/mol. The van der Waals surface area contributed by atoms with E-state index in [9.17, 15) is 4.79 Å². The van der Waals surface area contributed by atoms with Gasteiger partial charge in [-0.15, -0.1) is 11.3 Å². The van der Waals surface area contributed by atoms with E-state index in [0.717, 1.165) is 19.9 Å². The third kappa shape index (κ3) is 3.68. The fourth-order valence-corrected chi connectivity index (χ4v) is 4.04. The van der Waals surface area contributed by atoms with Crippen molar-refractivity contribution in [1.29, 1.82) is 0 Å². The average Bonchev–Trinajstić information content (AvgIpc) is 3.40. The number of nitrogens with zero attached hydrogens (tertiary/aromatic N) is 2. The monoisotopic (exact) mass is 478 g/mol. The number of halogens is 1. The summed E-state index contributed by atoms with van der Waals surface area (Å²) in [6.45, 7) is -0.0709. The molecule has 1 unspecified atom stereocenters. The lowest BCUT2D eigenvalue weighted by Crippen LogP contribution is -2.31. The lowest BCUT2D eigenvalue weighted by atomic mass is 10.1. The third-order valence-corrected chi connectivity index (χ3v) is 5.59. The van der Waals surface area contributed by atoms with Crippen LogP contribution in [0, 0.1) is 3.57 Å². The lowest BCUT2D eigenvalue weighted by Gasteiger charge is -2.20. The van der Waals surface area contributed by atoms with E-state index in [1.807, 2.05) is 53.9 Å². The number of thiophene rings is 1. The summed E-state index contributed by atoms with van der Waals surface area (Å²) < 4.78 is 12.3. The maximum absolute atomic E-state index is 12.8. The number of ether oxygens (including phenoxy) is 1. The predicted molar refractivity (Wildman–Crippen MR) is 108 cm³/mol. The van der Waals surface area contributed by atoms with Gasteiger partial charge in [0.05, 0.1) is 16.9 Å². The van der Waals surface area contributed by atoms with Crippen LogP contribution >= 0.6 is 33.9 Å². The fraction of sp³-hybridized carbons (Fsp3) is 0.158. The zero-order valence-corrected chi connectivity index (χ0v) is 16.6. The summed E-state index contributed by atoms with van der Waals surface area (Å²) in [5.41, 5.74) is 0.893. The van der Waals surface area contributed by atoms with E-state index < -0.39 is 0 Å². The first-order chi connectivity index (χ1) is 12.7. The minimum Gasteiger partial charge on any atom is -0.484 e. The van der Waals surface area contributed by atoms with Crippen LogP contribution in [0.2, 0.25) is 0 Å². The molecule has 1 aliphatic heterocycles. The van der Waals surface area contributed by atoms with Gasteiger partial charge in [0, 0.05) is 9.99 Å². The number of hydrogen-bond donors (Lipinski definition) is 0. The summed E-state index contributed by atoms with van der Waals surface area (Å²) in [6.07, 6.45) is 2.24. The molecule has 0 aliphatic carbocycles. The molecule has 0 N–H and O–H groups in total. The number of rotatable bonds is 5. The van der Waals surface area contributed by atoms with Crippen LogP contribution in [-0.4, -0.2) is 23.2 Å². The molecule has 4 rings (SSSR count). The van der Waals surface area contributed by atoms with Crippen molar-refractivity contribution in [3.63, 3.8) is 0 Å². The van der Waals surface area contributed by atoms with Crippen LogP contribution in [0.25, 0.3) is 0 Å². The molecule has 0 spiro atoms. The molecule has 132 valence electrons. The van der Waals surface area contributed by atoms with Gasteiger partial charge in [-0.05, 0) is 64.4 Å². The summed E-state index contributed by atoms with van der Waals surface area (Å²) in [4.78, 5) is 13.8. The minimum absolute atomic E-state index is 0.0709. The summed E-state index contributed by atoms with van der Waals surface area (Å²) >= 11 is 3.82. The molecule has 0 saturated carbocycles. The van der Waals surface area contributed by atoms with Crippen LogP contribution in [0.15, 0.2) is 69.7 Å². The van der Waals surface area contributed by atoms with Gasteiger partial charge in [0.1, 0.15) is 17.6 Å². The van der Waals surface area contributed by atoms with Crippen molar-refractivity contribution in [3.05, 3.63) is 74.4 Å². The molecule has 26 heavy (non-hydrogen) atoms. The molecule has 0 fully saturated rings. The SMILES string of the molecule is O=C(COc1cccc(I)c1)N1N=C(c2cccs2)CC1c1ccco1. The Balaban J connectivity index is 1.53. The first kappa shape index (κ1) is 17.3. The van der Waals surface area contributed by atoms with Crippen LogP contribution < -0.4 is 4.74 Å². The van der Waals surface area contributed by atoms with E-state index in [4.69, 9.17) is 9.15 Å². The molecule has 3 heterocycles. The Hall–Kier alpha value is -2.13. The highest BCUT2D eigenvalue weighted by atomic mass is 127. The average molecular weight is 478 g/mol. The van der Waals surface area contributed by atoms with Crippen molar-refractivity contribution in [2.24, 2.45) is 5.10 Å². The largest absolute Gasteiger partial charge is 0.484 e. The Morgan fingerprint density at radius 2 is 2.23 bits per heavy atom. The third-order valence-electron chi connectivity index (χ3n) is 4.00. The van der Waals surface area contributed by atoms with Gasteiger partial charge in [-0.2, -0.15) is 5.10 Å². The second-order valence-corrected chi connectivity index (χ2v) is 7.94. The summed E-state index contributed by atoms with van der Waals surface area (Å²) in [7, 11) is 0. The number of amides is 1. The van der Waals surface area contributed by atoms with Crippen molar-refractivity contribution < 1.29 is 13.9 Å². The molecule has 1 aliphatic rings. The molecule has 5 nitrogen and oxygen atoms in total. The van der Waals surface area contributed by atoms with Crippen molar-refractivity contribution in [3.8, 4) is 5.75 Å². The molecule has 3 aromatic rings. The van der Waals surface area contributed by atoms with Crippen molar-refractivity contribution in [1.82, 2.24) is 5.01 Å². The quantitative estimate of drug-likeness (QED) is 0.500. The van der Waals surface area contributed by atoms with E-state index in [1.165, 1.54) is 5.01 Å². The standard InChI is InChI=1S/C19H15IN2O3S/c20-13-4-1-5-14(10-13)25-12-19(23)22-16(17-6-2-8-24-17)11-15(21-22)18-7-3-9-26-18/h1-10,16H,11-12H2. The lowest BCUT2D eigenvalue weighted by molar-refractivity contribution is -0.135. The van der Waals surface area contributed by atoms with Crippen LogP contribution in [0.4, 0.5) is 0 Å². The second kappa shape index (κ2) is 7.63. The van der Waals surface area contributed by atoms with Gasteiger partial charge in [0.25, 0.3) is 5.91 Å². The smallest absolute Gasteiger partial charge is 0.281 e. The Morgan fingerprint density at radius 3 is 2.96 bits per heavy atom. The highest BCUT2D eigenvalue weighted by Crippen LogP contribution is 2.34. The van der Waals surface area contributed by atoms with Crippen molar-refractivity contribution in [2.75, 3.05) is 6.61 Å². The minimum atomic E-state index is -0.242. The molecule has 1 aromatic carbocycles. The maximum atomic E-state index is 12.8. The number of hydrazone groups is 1. The Kier molecular flexibility index (Phi) is 5.07. The predicted octanol–water partition coefficient (Wildman–Crippen LogP) is 4.70. The number of benzene rings is 1. The highest BCUT2D eigenvalue weighted by molar-refractivity contribution is 14.1. The zero-order chi connectivity index (χ0) is 17.9. The topological polar surface area (TPSA) is 55.0 Å². The van der Waals surface area contributed by atoms with Gasteiger partial charge in [-0.1, -0.05) is 12.1 Å². The molecule has 7 heteroatoms. The first-order valence-electron chi connectivity index (χ1n) is 8.06. The summed E-state index contributed by atoms with van der Waals surface area (Å²) in [5, 5.41) is 8.06.